The molecule has 8 fully saturated rings. The number of esters is 6. The van der Waals surface area contributed by atoms with E-state index in [2.05, 4.69) is 49.5 Å². The van der Waals surface area contributed by atoms with Crippen LogP contribution in [0, 0.1) is 37.5 Å². The summed E-state index contributed by atoms with van der Waals surface area (Å²) in [5, 5.41) is 31.7. The maximum Gasteiger partial charge on any atom is 0.347 e. The maximum absolute atomic E-state index is 11.8. The fraction of sp³-hybridized carbons (Fsp3) is 0.412. The highest BCUT2D eigenvalue weighted by Crippen LogP contribution is 2.59. The zero-order valence-corrected chi connectivity index (χ0v) is 52.8. The number of carbonyl (C=O) groups is 7. The summed E-state index contributed by atoms with van der Waals surface area (Å²) in [6, 6.07) is 18.6. The third kappa shape index (κ3) is 19.3. The van der Waals surface area contributed by atoms with E-state index in [-0.39, 0.29) is 46.2 Å². The van der Waals surface area contributed by atoms with E-state index in [9.17, 15) is 57.0 Å². The lowest BCUT2D eigenvalue weighted by molar-refractivity contribution is -0.217. The number of hydrogen-bond donors (Lipinski definition) is 4. The van der Waals surface area contributed by atoms with Crippen molar-refractivity contribution >= 4 is 68.9 Å². The molecule has 8 unspecified atom stereocenters. The molecule has 3 heterocycles. The number of ether oxygens (including phenoxy) is 6. The topological polar surface area (TPSA) is 321 Å². The minimum Gasteiger partial charge on any atom is -0.508 e. The molecule has 4 N–H and O–H groups in total. The predicted octanol–water partition coefficient (Wildman–Crippen LogP) is 8.89. The van der Waals surface area contributed by atoms with Gasteiger partial charge in [0.2, 0.25) is 12.0 Å². The number of phenolic OH excluding ortho intramolecular Hbond substituents is 2. The number of aliphatic hydroxyl groups is 1. The predicted molar refractivity (Wildman–Crippen MR) is 334 cm³/mol. The van der Waals surface area contributed by atoms with E-state index >= 15 is 0 Å². The molecule has 2 saturated heterocycles. The van der Waals surface area contributed by atoms with E-state index in [0.29, 0.717) is 78.7 Å². The minimum absolute atomic E-state index is 0.00284. The molecule has 6 saturated carbocycles. The van der Waals surface area contributed by atoms with Gasteiger partial charge in [0.1, 0.15) is 40.6 Å². The Labute approximate surface area is 528 Å². The average Bonchev–Trinajstić information content (AvgIpc) is 1.71. The smallest absolute Gasteiger partial charge is 0.347 e. The highest BCUT2D eigenvalue weighted by Gasteiger charge is 2.65. The van der Waals surface area contributed by atoms with Crippen molar-refractivity contribution in [1.82, 2.24) is 5.32 Å². The first-order valence-electron chi connectivity index (χ1n) is 29.3. The highest BCUT2D eigenvalue weighted by molar-refractivity contribution is 7.87. The first kappa shape index (κ1) is 71.1. The van der Waals surface area contributed by atoms with Crippen LogP contribution in [0.4, 0.5) is 0 Å². The van der Waals surface area contributed by atoms with E-state index < -0.39 is 87.0 Å². The molecule has 6 aliphatic carbocycles. The molecule has 1 amide bonds. The van der Waals surface area contributed by atoms with Gasteiger partial charge in [0.15, 0.2) is 6.61 Å². The van der Waals surface area contributed by atoms with Gasteiger partial charge in [-0.2, -0.15) is 8.42 Å². The summed E-state index contributed by atoms with van der Waals surface area (Å²) in [5.41, 5.74) is 3.67. The lowest BCUT2D eigenvalue weighted by atomic mass is 9.52. The van der Waals surface area contributed by atoms with Crippen molar-refractivity contribution in [3.05, 3.63) is 167 Å². The Morgan fingerprint density at radius 2 is 1.36 bits per heavy atom. The number of phenols is 2. The number of para-hydroxylation sites is 1. The fourth-order valence-electron chi connectivity index (χ4n) is 12.2. The van der Waals surface area contributed by atoms with E-state index in [1.807, 2.05) is 38.1 Å². The van der Waals surface area contributed by atoms with Crippen LogP contribution in [0.15, 0.2) is 144 Å². The lowest BCUT2D eigenvalue weighted by Gasteiger charge is -2.59. The van der Waals surface area contributed by atoms with Crippen LogP contribution in [0.1, 0.15) is 108 Å². The number of fused-ring (bicyclic) bond motifs is 2. The number of aryl methyl sites for hydroxylation is 2. The van der Waals surface area contributed by atoms with E-state index in [1.165, 1.54) is 33.3 Å². The van der Waals surface area contributed by atoms with Gasteiger partial charge in [0.25, 0.3) is 10.1 Å². The summed E-state index contributed by atoms with van der Waals surface area (Å²) in [7, 11) is -3.53. The van der Waals surface area contributed by atoms with Gasteiger partial charge in [-0.15, -0.1) is 0 Å². The number of benzene rings is 3. The molecular weight excluding hydrogens is 1200 g/mol. The third-order valence-electron chi connectivity index (χ3n) is 16.0. The average molecular weight is 1280 g/mol. The third-order valence-corrected chi connectivity index (χ3v) is 17.7. The van der Waals surface area contributed by atoms with Gasteiger partial charge in [-0.05, 0) is 151 Å². The second-order valence-electron chi connectivity index (χ2n) is 23.9. The first-order chi connectivity index (χ1) is 42.7. The fourth-order valence-corrected chi connectivity index (χ4v) is 14.1. The molecule has 22 nitrogen and oxygen atoms in total. The van der Waals surface area contributed by atoms with Crippen molar-refractivity contribution < 1.29 is 94.3 Å². The van der Waals surface area contributed by atoms with E-state index in [4.69, 9.17) is 37.4 Å². The quantitative estimate of drug-likeness (QED) is 0.0301. The molecule has 488 valence electrons. The van der Waals surface area contributed by atoms with E-state index in [0.717, 1.165) is 54.0 Å². The van der Waals surface area contributed by atoms with Gasteiger partial charge in [0.05, 0.1) is 28.9 Å². The Morgan fingerprint density at radius 3 is 1.91 bits per heavy atom. The molecule has 1 aromatic heterocycles. The summed E-state index contributed by atoms with van der Waals surface area (Å²) in [6.45, 7) is 31.0. The van der Waals surface area contributed by atoms with Crippen LogP contribution in [0.25, 0.3) is 17.0 Å². The highest BCUT2D eigenvalue weighted by atomic mass is 32.2. The van der Waals surface area contributed by atoms with Gasteiger partial charge < -0.3 is 53.5 Å². The van der Waals surface area contributed by atoms with Crippen LogP contribution in [0.3, 0.4) is 0 Å². The normalized spacial score (nSPS) is 24.8. The standard InChI is InChI=1S/C14H20O3.C13H16O7S.C13H10O4.C12H15NO2.C8H10O4.C8H8O/c1-9(2)12(15)17-14-6-10-3-11(7-14)5-13(16,4-10)8-14;1-6(2)13(15)18-5-10(14)19-11-7-3-8-9(4-7)21(16,17)20-12(8)11;1-8(2)13(15)17-11-7-12(14)16-10-6-4-3-5-9(10)11;1-4-11(14)13-7-10-5-8(2)12(15)9(3)6-10;1-5(2)7(9)12-6-3-4-11-8(6)10;1-2-7-3-5-8(9)6-4-7/h10-11,16H,1,3-8H2,2H3;7-9,11-12H,1,3-5H2,2H3;3-7H,1H2,2H3;4-6,15H,1,7H2,2-3H3,(H,13,14);6H,1,3-4H2,2H3;2-6,9H,1H2. The number of amides is 1. The lowest BCUT2D eigenvalue weighted by Crippen LogP contribution is -2.60. The number of nitrogens with one attached hydrogen (secondary N) is 1. The van der Waals surface area contributed by atoms with Crippen molar-refractivity contribution in [2.45, 2.75) is 141 Å². The van der Waals surface area contributed by atoms with Crippen molar-refractivity contribution in [1.29, 1.82) is 0 Å². The second-order valence-corrected chi connectivity index (χ2v) is 25.6. The van der Waals surface area contributed by atoms with Gasteiger partial charge in [0, 0.05) is 53.5 Å². The number of cyclic esters (lactones) is 1. The van der Waals surface area contributed by atoms with Gasteiger partial charge in [-0.1, -0.05) is 81.9 Å². The van der Waals surface area contributed by atoms with Crippen LogP contribution in [-0.2, 0) is 78.1 Å². The minimum atomic E-state index is -3.53. The molecule has 0 spiro atoms. The van der Waals surface area contributed by atoms with Crippen molar-refractivity contribution in [3.63, 3.8) is 0 Å². The number of rotatable bonds is 14. The van der Waals surface area contributed by atoms with E-state index in [1.54, 1.807) is 49.4 Å². The Balaban J connectivity index is 0.000000177. The van der Waals surface area contributed by atoms with Crippen LogP contribution in [0.2, 0.25) is 0 Å². The number of aromatic hydroxyl groups is 2. The van der Waals surface area contributed by atoms with Gasteiger partial charge >= 0.3 is 41.4 Å². The monoisotopic (exact) mass is 1280 g/mol. The molecule has 3 aromatic carbocycles. The van der Waals surface area contributed by atoms with Crippen molar-refractivity contribution in [2.75, 3.05) is 13.2 Å². The summed E-state index contributed by atoms with van der Waals surface area (Å²) in [6.07, 6.45) is 8.19. The molecular formula is C68H79NO21S. The van der Waals surface area contributed by atoms with Crippen LogP contribution in [-0.4, -0.2) is 113 Å². The molecule has 8 atom stereocenters. The molecule has 8 aliphatic rings. The Bertz CT molecular complexity index is 3640. The van der Waals surface area contributed by atoms with Crippen molar-refractivity contribution in [3.8, 4) is 17.2 Å². The Hall–Kier alpha value is -8.93. The second kappa shape index (κ2) is 30.7. The summed E-state index contributed by atoms with van der Waals surface area (Å²) in [5.74, 6) is -1.65. The van der Waals surface area contributed by atoms with Crippen LogP contribution in [0.5, 0.6) is 17.2 Å². The van der Waals surface area contributed by atoms with Crippen LogP contribution >= 0.6 is 0 Å². The molecule has 91 heavy (non-hydrogen) atoms. The zero-order chi connectivity index (χ0) is 67.3. The SMILES string of the molecule is C=C(C)C(=O)OC12CC3CC(CC(O)(C3)C1)C2.C=C(C)C(=O)OC1CCOC1=O.C=C(C)C(=O)OCC(=O)OC1C2CC3C1OS(=O)(=O)C3C2.C=C(C)C(=O)Oc1cc(=O)oc2ccccc12.C=CC(=O)NCc1cc(C)c(O)c(C)c1.C=Cc1ccc(O)cc1. The van der Waals surface area contributed by atoms with Crippen LogP contribution < -0.4 is 15.7 Å². The summed E-state index contributed by atoms with van der Waals surface area (Å²) < 4.78 is 63.7. The van der Waals surface area contributed by atoms with Gasteiger partial charge in [-0.25, -0.2) is 33.6 Å². The molecule has 12 rings (SSSR count). The first-order valence-corrected chi connectivity index (χ1v) is 30.8. The van der Waals surface area contributed by atoms with Gasteiger partial charge in [-0.3, -0.25) is 8.98 Å². The summed E-state index contributed by atoms with van der Waals surface area (Å²) >= 11 is 0. The molecule has 6 bridgehead atoms. The molecule has 23 heteroatoms. The summed E-state index contributed by atoms with van der Waals surface area (Å²) in [4.78, 5) is 90.0. The molecule has 4 aromatic rings. The molecule has 2 aliphatic heterocycles. The largest absolute Gasteiger partial charge is 0.508 e. The number of hydrogen-bond acceptors (Lipinski definition) is 21. The zero-order valence-electron chi connectivity index (χ0n) is 52.0. The Morgan fingerprint density at radius 1 is 0.758 bits per heavy atom. The number of carbonyl (C=O) groups excluding carboxylic acids is 7. The maximum atomic E-state index is 11.8. The molecule has 0 radical (unpaired) electrons. The Kier molecular flexibility index (Phi) is 24.0. The van der Waals surface area contributed by atoms with Crippen molar-refractivity contribution in [2.24, 2.45) is 23.7 Å².